The van der Waals surface area contributed by atoms with Crippen LogP contribution in [-0.2, 0) is 4.79 Å². The molecule has 0 aliphatic carbocycles. The average Bonchev–Trinajstić information content (AvgIpc) is 3.30. The molecular formula is C24H27N5O2. The van der Waals surface area contributed by atoms with E-state index in [2.05, 4.69) is 25.5 Å². The predicted octanol–water partition coefficient (Wildman–Crippen LogP) is 4.53. The number of para-hydroxylation sites is 1. The highest BCUT2D eigenvalue weighted by molar-refractivity contribution is 5.94. The second kappa shape index (κ2) is 9.47. The van der Waals surface area contributed by atoms with Crippen molar-refractivity contribution in [2.75, 3.05) is 28.6 Å². The molecular weight excluding hydrogens is 390 g/mol. The third-order valence-electron chi connectivity index (χ3n) is 5.10. The Balaban J connectivity index is 1.36. The smallest absolute Gasteiger partial charge is 0.265 e. The van der Waals surface area contributed by atoms with Crippen molar-refractivity contribution in [3.63, 3.8) is 0 Å². The van der Waals surface area contributed by atoms with Crippen LogP contribution in [0.4, 0.5) is 23.1 Å². The normalized spacial score (nSPS) is 14.2. The lowest BCUT2D eigenvalue weighted by Crippen LogP contribution is -2.30. The van der Waals surface area contributed by atoms with E-state index in [4.69, 9.17) is 4.74 Å². The Kier molecular flexibility index (Phi) is 6.31. The molecule has 1 fully saturated rings. The zero-order valence-electron chi connectivity index (χ0n) is 17.8. The monoisotopic (exact) mass is 417 g/mol. The highest BCUT2D eigenvalue weighted by Gasteiger charge is 2.16. The van der Waals surface area contributed by atoms with Crippen molar-refractivity contribution >= 4 is 29.0 Å². The fourth-order valence-corrected chi connectivity index (χ4v) is 3.48. The molecule has 2 heterocycles. The minimum absolute atomic E-state index is 0.207. The number of benzene rings is 2. The lowest BCUT2D eigenvalue weighted by atomic mass is 10.2. The van der Waals surface area contributed by atoms with E-state index in [-0.39, 0.29) is 5.91 Å². The predicted molar refractivity (Wildman–Crippen MR) is 123 cm³/mol. The molecule has 0 unspecified atom stereocenters. The van der Waals surface area contributed by atoms with E-state index >= 15 is 0 Å². The van der Waals surface area contributed by atoms with Crippen molar-refractivity contribution in [2.45, 2.75) is 32.8 Å². The number of rotatable bonds is 7. The average molecular weight is 418 g/mol. The first-order chi connectivity index (χ1) is 15.1. The summed E-state index contributed by atoms with van der Waals surface area (Å²) in [4.78, 5) is 23.9. The van der Waals surface area contributed by atoms with Crippen molar-refractivity contribution in [2.24, 2.45) is 0 Å². The zero-order chi connectivity index (χ0) is 21.6. The van der Waals surface area contributed by atoms with Crippen LogP contribution in [-0.4, -0.2) is 35.1 Å². The Morgan fingerprint density at radius 3 is 2.39 bits per heavy atom. The summed E-state index contributed by atoms with van der Waals surface area (Å²) in [6.45, 7) is 5.78. The molecule has 0 spiro atoms. The molecule has 2 N–H and O–H groups in total. The van der Waals surface area contributed by atoms with Crippen LogP contribution >= 0.6 is 0 Å². The number of aryl methyl sites for hydroxylation is 1. The Bertz CT molecular complexity index is 1020. The molecule has 7 nitrogen and oxygen atoms in total. The number of nitrogens with zero attached hydrogens (tertiary/aromatic N) is 3. The molecule has 3 aromatic rings. The summed E-state index contributed by atoms with van der Waals surface area (Å²) in [6, 6.07) is 18.8. The molecule has 1 atom stereocenters. The first-order valence-corrected chi connectivity index (χ1v) is 10.6. The highest BCUT2D eigenvalue weighted by Crippen LogP contribution is 2.22. The van der Waals surface area contributed by atoms with Crippen LogP contribution in [0.15, 0.2) is 60.7 Å². The van der Waals surface area contributed by atoms with Gasteiger partial charge in [0.15, 0.2) is 6.10 Å². The lowest BCUT2D eigenvalue weighted by Gasteiger charge is -2.18. The number of amides is 1. The maximum atomic E-state index is 12.4. The summed E-state index contributed by atoms with van der Waals surface area (Å²) in [7, 11) is 0. The third-order valence-corrected chi connectivity index (χ3v) is 5.10. The Morgan fingerprint density at radius 1 is 1.00 bits per heavy atom. The Hall–Kier alpha value is -3.61. The topological polar surface area (TPSA) is 79.4 Å². The standard InChI is InChI=1S/C24H27N5O2/c1-17-16-22(29-14-6-7-15-29)28-24(25-17)27-20-12-10-19(11-13-20)26-23(30)18(2)31-21-8-4-3-5-9-21/h3-5,8-13,16,18H,6-7,14-15H2,1-2H3,(H,26,30)(H,25,27,28)/t18-/m1/s1. The molecule has 1 aliphatic rings. The molecule has 1 aromatic heterocycles. The molecule has 4 rings (SSSR count). The summed E-state index contributed by atoms with van der Waals surface area (Å²) in [6.07, 6.45) is 1.80. The van der Waals surface area contributed by atoms with Crippen LogP contribution in [0, 0.1) is 6.92 Å². The van der Waals surface area contributed by atoms with Crippen molar-refractivity contribution in [3.8, 4) is 5.75 Å². The van der Waals surface area contributed by atoms with Crippen LogP contribution in [0.3, 0.4) is 0 Å². The number of carbonyl (C=O) groups excluding carboxylic acids is 1. The molecule has 0 bridgehead atoms. The van der Waals surface area contributed by atoms with E-state index in [1.807, 2.05) is 67.6 Å². The van der Waals surface area contributed by atoms with Gasteiger partial charge in [-0.25, -0.2) is 4.98 Å². The van der Waals surface area contributed by atoms with Gasteiger partial charge in [-0.05, 0) is 63.1 Å². The van der Waals surface area contributed by atoms with Crippen LogP contribution in [0.2, 0.25) is 0 Å². The van der Waals surface area contributed by atoms with Crippen molar-refractivity contribution in [3.05, 3.63) is 66.4 Å². The van der Waals surface area contributed by atoms with Crippen LogP contribution in [0.5, 0.6) is 5.75 Å². The van der Waals surface area contributed by atoms with E-state index in [1.165, 1.54) is 12.8 Å². The molecule has 0 saturated carbocycles. The highest BCUT2D eigenvalue weighted by atomic mass is 16.5. The third kappa shape index (κ3) is 5.51. The molecule has 31 heavy (non-hydrogen) atoms. The summed E-state index contributed by atoms with van der Waals surface area (Å²) in [5.41, 5.74) is 2.47. The second-order valence-electron chi connectivity index (χ2n) is 7.65. The van der Waals surface area contributed by atoms with Gasteiger partial charge in [0, 0.05) is 36.2 Å². The van der Waals surface area contributed by atoms with Gasteiger partial charge in [0.1, 0.15) is 11.6 Å². The van der Waals surface area contributed by atoms with Gasteiger partial charge < -0.3 is 20.3 Å². The van der Waals surface area contributed by atoms with Crippen molar-refractivity contribution in [1.29, 1.82) is 0 Å². The molecule has 160 valence electrons. The van der Waals surface area contributed by atoms with Gasteiger partial charge in [0.05, 0.1) is 0 Å². The molecule has 1 amide bonds. The molecule has 1 aliphatic heterocycles. The minimum Gasteiger partial charge on any atom is -0.481 e. The summed E-state index contributed by atoms with van der Waals surface area (Å²) < 4.78 is 5.67. The van der Waals surface area contributed by atoms with Crippen molar-refractivity contribution in [1.82, 2.24) is 9.97 Å². The van der Waals surface area contributed by atoms with Gasteiger partial charge in [-0.15, -0.1) is 0 Å². The number of ether oxygens (including phenoxy) is 1. The number of nitrogens with one attached hydrogen (secondary N) is 2. The van der Waals surface area contributed by atoms with E-state index in [9.17, 15) is 4.79 Å². The summed E-state index contributed by atoms with van der Waals surface area (Å²) in [5.74, 6) is 1.99. The quantitative estimate of drug-likeness (QED) is 0.588. The molecule has 0 radical (unpaired) electrons. The molecule has 1 saturated heterocycles. The fraction of sp³-hybridized carbons (Fsp3) is 0.292. The second-order valence-corrected chi connectivity index (χ2v) is 7.65. The largest absolute Gasteiger partial charge is 0.481 e. The maximum absolute atomic E-state index is 12.4. The van der Waals surface area contributed by atoms with Gasteiger partial charge in [0.25, 0.3) is 5.91 Å². The van der Waals surface area contributed by atoms with Gasteiger partial charge in [-0.3, -0.25) is 4.79 Å². The van der Waals surface area contributed by atoms with E-state index in [0.29, 0.717) is 17.4 Å². The van der Waals surface area contributed by atoms with Gasteiger partial charge in [0.2, 0.25) is 5.95 Å². The van der Waals surface area contributed by atoms with Gasteiger partial charge in [-0.2, -0.15) is 4.98 Å². The zero-order valence-corrected chi connectivity index (χ0v) is 17.8. The van der Waals surface area contributed by atoms with Gasteiger partial charge in [-0.1, -0.05) is 18.2 Å². The van der Waals surface area contributed by atoms with Crippen LogP contribution < -0.4 is 20.3 Å². The maximum Gasteiger partial charge on any atom is 0.265 e. The summed E-state index contributed by atoms with van der Waals surface area (Å²) >= 11 is 0. The summed E-state index contributed by atoms with van der Waals surface area (Å²) in [5, 5.41) is 6.14. The van der Waals surface area contributed by atoms with Crippen LogP contribution in [0.25, 0.3) is 0 Å². The Morgan fingerprint density at radius 2 is 1.68 bits per heavy atom. The number of carbonyl (C=O) groups is 1. The molecule has 7 heteroatoms. The number of anilines is 4. The lowest BCUT2D eigenvalue weighted by molar-refractivity contribution is -0.122. The first-order valence-electron chi connectivity index (χ1n) is 10.6. The SMILES string of the molecule is Cc1cc(N2CCCC2)nc(Nc2ccc(NC(=O)[C@@H](C)Oc3ccccc3)cc2)n1. The fourth-order valence-electron chi connectivity index (χ4n) is 3.48. The van der Waals surface area contributed by atoms with E-state index in [0.717, 1.165) is 30.3 Å². The van der Waals surface area contributed by atoms with E-state index in [1.54, 1.807) is 6.92 Å². The van der Waals surface area contributed by atoms with Crippen LogP contribution in [0.1, 0.15) is 25.5 Å². The number of aromatic nitrogens is 2. The minimum atomic E-state index is -0.607. The van der Waals surface area contributed by atoms with E-state index < -0.39 is 6.10 Å². The number of hydrogen-bond acceptors (Lipinski definition) is 6. The Labute approximate surface area is 182 Å². The molecule has 2 aromatic carbocycles. The van der Waals surface area contributed by atoms with Crippen molar-refractivity contribution < 1.29 is 9.53 Å². The van der Waals surface area contributed by atoms with Gasteiger partial charge >= 0.3 is 0 Å². The first kappa shape index (κ1) is 20.7. The number of hydrogen-bond donors (Lipinski definition) is 2.